The fraction of sp³-hybridized carbons (Fsp3) is 0.333. The number of nitrogens with zero attached hydrogens (tertiary/aromatic N) is 2. The highest BCUT2D eigenvalue weighted by Crippen LogP contribution is 2.33. The third kappa shape index (κ3) is 2.07. The van der Waals surface area contributed by atoms with E-state index < -0.39 is 5.97 Å². The molecule has 1 amide bonds. The van der Waals surface area contributed by atoms with Crippen molar-refractivity contribution in [1.82, 2.24) is 15.3 Å². The minimum atomic E-state index is -0.964. The largest absolute Gasteiger partial charge is 0.477 e. The number of aromatic carboxylic acids is 1. The van der Waals surface area contributed by atoms with E-state index in [0.29, 0.717) is 34.6 Å². The second-order valence-electron chi connectivity index (χ2n) is 4.61. The first-order valence-electron chi connectivity index (χ1n) is 6.07. The zero-order valence-corrected chi connectivity index (χ0v) is 11.5. The van der Waals surface area contributed by atoms with Crippen molar-refractivity contribution in [3.63, 3.8) is 0 Å². The van der Waals surface area contributed by atoms with Gasteiger partial charge in [-0.25, -0.2) is 14.8 Å². The normalized spacial score (nSPS) is 18.2. The van der Waals surface area contributed by atoms with Gasteiger partial charge in [0.15, 0.2) is 0 Å². The topological polar surface area (TPSA) is 104 Å². The number of carbonyl (C=O) groups is 2. The van der Waals surface area contributed by atoms with Crippen LogP contribution in [0.2, 0.25) is 0 Å². The first-order chi connectivity index (χ1) is 9.56. The molecule has 20 heavy (non-hydrogen) atoms. The van der Waals surface area contributed by atoms with E-state index in [4.69, 9.17) is 5.11 Å². The van der Waals surface area contributed by atoms with Crippen molar-refractivity contribution in [3.8, 4) is 0 Å². The Kier molecular flexibility index (Phi) is 3.01. The summed E-state index contributed by atoms with van der Waals surface area (Å²) in [7, 11) is 0. The van der Waals surface area contributed by atoms with Crippen molar-refractivity contribution in [2.45, 2.75) is 19.4 Å². The van der Waals surface area contributed by atoms with E-state index in [1.54, 1.807) is 6.92 Å². The van der Waals surface area contributed by atoms with Crippen molar-refractivity contribution < 1.29 is 14.7 Å². The molecule has 0 radical (unpaired) electrons. The Morgan fingerprint density at radius 1 is 1.55 bits per heavy atom. The van der Waals surface area contributed by atoms with Gasteiger partial charge in [0.25, 0.3) is 0 Å². The van der Waals surface area contributed by atoms with Gasteiger partial charge in [0.2, 0.25) is 5.91 Å². The number of carboxylic acid groups (broad SMARTS) is 1. The zero-order valence-electron chi connectivity index (χ0n) is 10.6. The lowest BCUT2D eigenvalue weighted by molar-refractivity contribution is -0.119. The Labute approximate surface area is 118 Å². The van der Waals surface area contributed by atoms with Crippen LogP contribution >= 0.6 is 11.3 Å². The number of amides is 1. The molecule has 1 unspecified atom stereocenters. The second kappa shape index (κ2) is 4.71. The lowest BCUT2D eigenvalue weighted by Crippen LogP contribution is -2.23. The Hall–Kier alpha value is -2.22. The van der Waals surface area contributed by atoms with Crippen LogP contribution in [0.3, 0.4) is 0 Å². The van der Waals surface area contributed by atoms with Gasteiger partial charge in [0.05, 0.1) is 11.4 Å². The molecule has 0 aliphatic carbocycles. The molecule has 1 aliphatic rings. The van der Waals surface area contributed by atoms with E-state index in [2.05, 4.69) is 20.6 Å². The van der Waals surface area contributed by atoms with Crippen LogP contribution in [-0.2, 0) is 4.79 Å². The quantitative estimate of drug-likeness (QED) is 0.779. The summed E-state index contributed by atoms with van der Waals surface area (Å²) in [6.45, 7) is 2.29. The number of carbonyl (C=O) groups excluding carboxylic acids is 1. The Balaban J connectivity index is 2.02. The van der Waals surface area contributed by atoms with E-state index in [1.165, 1.54) is 6.33 Å². The lowest BCUT2D eigenvalue weighted by Gasteiger charge is -2.12. The van der Waals surface area contributed by atoms with Crippen molar-refractivity contribution >= 4 is 39.2 Å². The molecular weight excluding hydrogens is 280 g/mol. The highest BCUT2D eigenvalue weighted by Gasteiger charge is 2.24. The molecule has 3 heterocycles. The van der Waals surface area contributed by atoms with Gasteiger partial charge in [0.1, 0.15) is 21.9 Å². The molecule has 3 N–H and O–H groups in total. The molecule has 2 aromatic rings. The molecule has 1 atom stereocenters. The van der Waals surface area contributed by atoms with Crippen molar-refractivity contribution in [2.24, 2.45) is 0 Å². The second-order valence-corrected chi connectivity index (χ2v) is 5.61. The maximum absolute atomic E-state index is 11.2. The SMILES string of the molecule is Cc1c(C(=O)O)sc2ncnc(NC3CNC(=O)C3)c12. The van der Waals surface area contributed by atoms with Gasteiger partial charge in [-0.05, 0) is 12.5 Å². The Bertz CT molecular complexity index is 712. The standard InChI is InChI=1S/C12H12N4O3S/c1-5-8-10(16-6-2-7(17)13-3-6)14-4-15-11(8)20-9(5)12(18)19/h4,6H,2-3H2,1H3,(H,13,17)(H,18,19)(H,14,15,16). The number of anilines is 1. The van der Waals surface area contributed by atoms with Gasteiger partial charge < -0.3 is 15.7 Å². The van der Waals surface area contributed by atoms with E-state index in [1.807, 2.05) is 0 Å². The summed E-state index contributed by atoms with van der Waals surface area (Å²) in [4.78, 5) is 31.6. The number of hydrogen-bond donors (Lipinski definition) is 3. The van der Waals surface area contributed by atoms with Crippen LogP contribution in [0.25, 0.3) is 10.2 Å². The van der Waals surface area contributed by atoms with Crippen molar-refractivity contribution in [3.05, 3.63) is 16.8 Å². The maximum atomic E-state index is 11.2. The molecule has 0 aromatic carbocycles. The first kappa shape index (κ1) is 12.8. The predicted octanol–water partition coefficient (Wildman–Crippen LogP) is 0.998. The summed E-state index contributed by atoms with van der Waals surface area (Å²) < 4.78 is 0. The summed E-state index contributed by atoms with van der Waals surface area (Å²) in [5.74, 6) is -0.382. The molecule has 1 fully saturated rings. The summed E-state index contributed by atoms with van der Waals surface area (Å²) >= 11 is 1.13. The molecule has 7 nitrogen and oxygen atoms in total. The van der Waals surface area contributed by atoms with Crippen LogP contribution in [0.5, 0.6) is 0 Å². The molecule has 0 spiro atoms. The molecule has 1 aliphatic heterocycles. The fourth-order valence-electron chi connectivity index (χ4n) is 2.29. The molecular formula is C12H12N4O3S. The third-order valence-electron chi connectivity index (χ3n) is 3.24. The number of rotatable bonds is 3. The molecule has 104 valence electrons. The average Bonchev–Trinajstić information content (AvgIpc) is 2.95. The summed E-state index contributed by atoms with van der Waals surface area (Å²) in [5.41, 5.74) is 0.651. The molecule has 3 rings (SSSR count). The minimum Gasteiger partial charge on any atom is -0.477 e. The molecule has 1 saturated heterocycles. The maximum Gasteiger partial charge on any atom is 0.346 e. The smallest absolute Gasteiger partial charge is 0.346 e. The van der Waals surface area contributed by atoms with E-state index >= 15 is 0 Å². The van der Waals surface area contributed by atoms with Crippen LogP contribution in [0, 0.1) is 6.92 Å². The van der Waals surface area contributed by atoms with Gasteiger partial charge in [0, 0.05) is 13.0 Å². The Morgan fingerprint density at radius 2 is 2.35 bits per heavy atom. The summed E-state index contributed by atoms with van der Waals surface area (Å²) in [6, 6.07) is -0.0341. The highest BCUT2D eigenvalue weighted by atomic mass is 32.1. The van der Waals surface area contributed by atoms with Gasteiger partial charge in [-0.2, -0.15) is 0 Å². The highest BCUT2D eigenvalue weighted by molar-refractivity contribution is 7.20. The number of nitrogens with one attached hydrogen (secondary N) is 2. The zero-order chi connectivity index (χ0) is 14.3. The minimum absolute atomic E-state index is 0.000987. The first-order valence-corrected chi connectivity index (χ1v) is 6.88. The monoisotopic (exact) mass is 292 g/mol. The number of thiophene rings is 1. The van der Waals surface area contributed by atoms with Crippen LogP contribution in [-0.4, -0.2) is 39.5 Å². The van der Waals surface area contributed by atoms with Crippen molar-refractivity contribution in [1.29, 1.82) is 0 Å². The van der Waals surface area contributed by atoms with Gasteiger partial charge in [-0.3, -0.25) is 4.79 Å². The number of aryl methyl sites for hydroxylation is 1. The summed E-state index contributed by atoms with van der Waals surface area (Å²) in [5, 5.41) is 15.8. The lowest BCUT2D eigenvalue weighted by atomic mass is 10.2. The van der Waals surface area contributed by atoms with Crippen molar-refractivity contribution in [2.75, 3.05) is 11.9 Å². The number of hydrogen-bond acceptors (Lipinski definition) is 6. The predicted molar refractivity (Wildman–Crippen MR) is 74.1 cm³/mol. The van der Waals surface area contributed by atoms with E-state index in [9.17, 15) is 9.59 Å². The van der Waals surface area contributed by atoms with Crippen LogP contribution < -0.4 is 10.6 Å². The average molecular weight is 292 g/mol. The van der Waals surface area contributed by atoms with E-state index in [0.717, 1.165) is 11.3 Å². The Morgan fingerprint density at radius 3 is 3.00 bits per heavy atom. The molecule has 2 aromatic heterocycles. The molecule has 0 bridgehead atoms. The number of carboxylic acids is 1. The van der Waals surface area contributed by atoms with Gasteiger partial charge >= 0.3 is 5.97 Å². The van der Waals surface area contributed by atoms with Gasteiger partial charge in [-0.1, -0.05) is 0 Å². The third-order valence-corrected chi connectivity index (χ3v) is 4.43. The van der Waals surface area contributed by atoms with Crippen LogP contribution in [0.4, 0.5) is 5.82 Å². The van der Waals surface area contributed by atoms with Gasteiger partial charge in [-0.15, -0.1) is 11.3 Å². The molecule has 8 heteroatoms. The summed E-state index contributed by atoms with van der Waals surface area (Å²) in [6.07, 6.45) is 1.79. The molecule has 0 saturated carbocycles. The number of fused-ring (bicyclic) bond motifs is 1. The van der Waals surface area contributed by atoms with E-state index in [-0.39, 0.29) is 16.8 Å². The fourth-order valence-corrected chi connectivity index (χ4v) is 3.27. The van der Waals surface area contributed by atoms with Crippen LogP contribution in [0.1, 0.15) is 21.7 Å². The number of aromatic nitrogens is 2. The van der Waals surface area contributed by atoms with Crippen LogP contribution in [0.15, 0.2) is 6.33 Å².